The zero-order valence-corrected chi connectivity index (χ0v) is 20.4. The average molecular weight is 499 g/mol. The van der Waals surface area contributed by atoms with Crippen molar-refractivity contribution in [3.05, 3.63) is 73.5 Å². The minimum Gasteiger partial charge on any atom is -0.367 e. The number of hydrogen-bond donors (Lipinski definition) is 3. The minimum atomic E-state index is -0.483. The normalized spacial score (nSPS) is 14.3. The monoisotopic (exact) mass is 498 g/mol. The number of halogens is 1. The lowest BCUT2D eigenvalue weighted by Crippen LogP contribution is -2.36. The molecule has 1 fully saturated rings. The highest BCUT2D eigenvalue weighted by Gasteiger charge is 2.17. The van der Waals surface area contributed by atoms with Crippen LogP contribution in [-0.2, 0) is 4.79 Å². The Hall–Kier alpha value is -4.44. The number of fused-ring (bicyclic) bond motifs is 1. The Morgan fingerprint density at radius 3 is 2.68 bits per heavy atom. The number of amides is 1. The lowest BCUT2D eigenvalue weighted by molar-refractivity contribution is -0.111. The van der Waals surface area contributed by atoms with Gasteiger partial charge in [-0.1, -0.05) is 6.58 Å². The first-order valence-electron chi connectivity index (χ1n) is 12.0. The van der Waals surface area contributed by atoms with Gasteiger partial charge in [-0.15, -0.1) is 0 Å². The first-order valence-corrected chi connectivity index (χ1v) is 12.0. The van der Waals surface area contributed by atoms with Crippen LogP contribution in [0.15, 0.2) is 67.6 Å². The number of carbonyl (C=O) groups excluding carboxylic acids is 1. The fourth-order valence-corrected chi connectivity index (χ4v) is 4.26. The van der Waals surface area contributed by atoms with Gasteiger partial charge in [0.25, 0.3) is 0 Å². The van der Waals surface area contributed by atoms with Crippen molar-refractivity contribution >= 4 is 40.0 Å². The lowest BCUT2D eigenvalue weighted by atomic mass is 10.1. The van der Waals surface area contributed by atoms with Crippen LogP contribution in [0.1, 0.15) is 12.8 Å². The minimum absolute atomic E-state index is 0.216. The number of piperidine rings is 1. The molecule has 3 N–H and O–H groups in total. The van der Waals surface area contributed by atoms with Crippen LogP contribution in [0.25, 0.3) is 22.2 Å². The highest BCUT2D eigenvalue weighted by Crippen LogP contribution is 2.31. The summed E-state index contributed by atoms with van der Waals surface area (Å²) in [6.07, 6.45) is 8.17. The van der Waals surface area contributed by atoms with E-state index < -0.39 is 5.82 Å². The maximum absolute atomic E-state index is 15.0. The number of benzene rings is 1. The third-order valence-corrected chi connectivity index (χ3v) is 6.26. The zero-order valence-electron chi connectivity index (χ0n) is 20.4. The summed E-state index contributed by atoms with van der Waals surface area (Å²) in [4.78, 5) is 31.8. The second-order valence-corrected chi connectivity index (χ2v) is 8.96. The lowest BCUT2D eigenvalue weighted by Gasteiger charge is -2.29. The van der Waals surface area contributed by atoms with Crippen molar-refractivity contribution in [3.8, 4) is 11.3 Å². The van der Waals surface area contributed by atoms with Crippen LogP contribution in [0.3, 0.4) is 0 Å². The van der Waals surface area contributed by atoms with Gasteiger partial charge in [0.1, 0.15) is 11.6 Å². The van der Waals surface area contributed by atoms with E-state index in [4.69, 9.17) is 0 Å². The van der Waals surface area contributed by atoms with Crippen molar-refractivity contribution in [1.29, 1.82) is 0 Å². The van der Waals surface area contributed by atoms with Crippen molar-refractivity contribution in [2.45, 2.75) is 18.9 Å². The second kappa shape index (κ2) is 10.7. The predicted octanol–water partition coefficient (Wildman–Crippen LogP) is 4.60. The number of carbonyl (C=O) groups is 1. The van der Waals surface area contributed by atoms with Crippen molar-refractivity contribution in [2.24, 2.45) is 0 Å². The molecule has 0 unspecified atom stereocenters. The van der Waals surface area contributed by atoms with Crippen molar-refractivity contribution < 1.29 is 9.18 Å². The molecule has 9 nitrogen and oxygen atoms in total. The van der Waals surface area contributed by atoms with Crippen molar-refractivity contribution in [2.75, 3.05) is 36.1 Å². The summed E-state index contributed by atoms with van der Waals surface area (Å²) < 4.78 is 15.0. The first kappa shape index (κ1) is 24.3. The molecule has 1 aliphatic rings. The van der Waals surface area contributed by atoms with E-state index in [-0.39, 0.29) is 11.5 Å². The SMILES string of the molecule is C=CC(=O)Nc1ccnc(-c2c(F)ccc3cnc(Nc4ccc(NC5CCN(C)CC5)nc4)nc23)c1. The predicted molar refractivity (Wildman–Crippen MR) is 143 cm³/mol. The van der Waals surface area contributed by atoms with E-state index >= 15 is 4.39 Å². The van der Waals surface area contributed by atoms with Crippen molar-refractivity contribution in [1.82, 2.24) is 24.8 Å². The maximum atomic E-state index is 15.0. The first-order chi connectivity index (χ1) is 18.0. The fourth-order valence-electron chi connectivity index (χ4n) is 4.26. The molecule has 1 saturated heterocycles. The van der Waals surface area contributed by atoms with Crippen LogP contribution in [-0.4, -0.2) is 56.9 Å². The van der Waals surface area contributed by atoms with Gasteiger partial charge in [0.2, 0.25) is 11.9 Å². The molecule has 0 saturated carbocycles. The van der Waals surface area contributed by atoms with Crippen LogP contribution >= 0.6 is 0 Å². The van der Waals surface area contributed by atoms with E-state index in [1.807, 2.05) is 12.1 Å². The van der Waals surface area contributed by atoms with E-state index in [1.54, 1.807) is 30.6 Å². The summed E-state index contributed by atoms with van der Waals surface area (Å²) in [6.45, 7) is 5.59. The van der Waals surface area contributed by atoms with Gasteiger partial charge in [-0.2, -0.15) is 0 Å². The fraction of sp³-hybridized carbons (Fsp3) is 0.222. The van der Waals surface area contributed by atoms with Crippen LogP contribution in [0.2, 0.25) is 0 Å². The van der Waals surface area contributed by atoms with Crippen LogP contribution < -0.4 is 16.0 Å². The van der Waals surface area contributed by atoms with Gasteiger partial charge < -0.3 is 20.9 Å². The Kier molecular flexibility index (Phi) is 7.00. The Bertz CT molecular complexity index is 1430. The molecule has 4 heterocycles. The van der Waals surface area contributed by atoms with Crippen LogP contribution in [0, 0.1) is 5.82 Å². The standard InChI is InChI=1S/C27H27FN8O/c1-3-24(37)33-19-8-11-29-22(14-19)25-21(28)6-4-17-15-31-27(35-26(17)25)34-20-5-7-23(30-16-20)32-18-9-12-36(2)13-10-18/h3-8,11,14-16,18H,1,9-10,12-13H2,2H3,(H,30,32)(H,29,33,37)(H,31,34,35). The molecule has 0 aliphatic carbocycles. The Balaban J connectivity index is 1.38. The molecule has 0 spiro atoms. The largest absolute Gasteiger partial charge is 0.367 e. The molecule has 0 radical (unpaired) electrons. The third-order valence-electron chi connectivity index (χ3n) is 6.26. The summed E-state index contributed by atoms with van der Waals surface area (Å²) in [5, 5.41) is 9.96. The van der Waals surface area contributed by atoms with E-state index in [2.05, 4.69) is 54.4 Å². The molecule has 1 aliphatic heterocycles. The smallest absolute Gasteiger partial charge is 0.247 e. The van der Waals surface area contributed by atoms with Gasteiger partial charge in [-0.3, -0.25) is 9.78 Å². The number of rotatable bonds is 7. The molecule has 1 amide bonds. The molecule has 188 valence electrons. The number of anilines is 4. The quantitative estimate of drug-likeness (QED) is 0.317. The van der Waals surface area contributed by atoms with E-state index in [9.17, 15) is 4.79 Å². The van der Waals surface area contributed by atoms with Crippen LogP contribution in [0.4, 0.5) is 27.5 Å². The Labute approximate surface area is 213 Å². The number of pyridine rings is 2. The highest BCUT2D eigenvalue weighted by atomic mass is 19.1. The Morgan fingerprint density at radius 1 is 1.08 bits per heavy atom. The van der Waals surface area contributed by atoms with Gasteiger partial charge in [0.05, 0.1) is 28.7 Å². The number of likely N-dealkylation sites (tertiary alicyclic amines) is 1. The Morgan fingerprint density at radius 2 is 1.92 bits per heavy atom. The second-order valence-electron chi connectivity index (χ2n) is 8.96. The summed E-state index contributed by atoms with van der Waals surface area (Å²) in [5.41, 5.74) is 2.12. The average Bonchev–Trinajstić information content (AvgIpc) is 2.91. The molecule has 37 heavy (non-hydrogen) atoms. The number of hydrogen-bond acceptors (Lipinski definition) is 8. The topological polar surface area (TPSA) is 108 Å². The van der Waals surface area contributed by atoms with E-state index in [0.717, 1.165) is 37.8 Å². The summed E-state index contributed by atoms with van der Waals surface area (Å²) >= 11 is 0. The van der Waals surface area contributed by atoms with Gasteiger partial charge in [0.15, 0.2) is 0 Å². The van der Waals surface area contributed by atoms with Gasteiger partial charge in [-0.05, 0) is 75.5 Å². The van der Waals surface area contributed by atoms with E-state index in [1.165, 1.54) is 12.3 Å². The molecule has 1 aromatic carbocycles. The summed E-state index contributed by atoms with van der Waals surface area (Å²) in [6, 6.07) is 10.4. The molecule has 0 bridgehead atoms. The molecule has 5 rings (SSSR count). The molecule has 3 aromatic heterocycles. The number of nitrogens with one attached hydrogen (secondary N) is 3. The molecule has 10 heteroatoms. The number of nitrogens with zero attached hydrogens (tertiary/aromatic N) is 5. The van der Waals surface area contributed by atoms with Crippen LogP contribution in [0.5, 0.6) is 0 Å². The summed E-state index contributed by atoms with van der Waals surface area (Å²) in [5.74, 6) is 0.264. The summed E-state index contributed by atoms with van der Waals surface area (Å²) in [7, 11) is 2.14. The molecule has 4 aromatic rings. The third kappa shape index (κ3) is 5.70. The molecule has 0 atom stereocenters. The maximum Gasteiger partial charge on any atom is 0.247 e. The van der Waals surface area contributed by atoms with Gasteiger partial charge in [-0.25, -0.2) is 19.3 Å². The highest BCUT2D eigenvalue weighted by molar-refractivity contribution is 6.00. The van der Waals surface area contributed by atoms with Gasteiger partial charge in [0, 0.05) is 29.5 Å². The number of aromatic nitrogens is 4. The molecular formula is C27H27FN8O. The van der Waals surface area contributed by atoms with E-state index in [0.29, 0.717) is 40.0 Å². The molecular weight excluding hydrogens is 471 g/mol. The van der Waals surface area contributed by atoms with Crippen molar-refractivity contribution in [3.63, 3.8) is 0 Å². The zero-order chi connectivity index (χ0) is 25.8. The van der Waals surface area contributed by atoms with Gasteiger partial charge >= 0.3 is 0 Å².